The second-order valence-electron chi connectivity index (χ2n) is 5.41. The lowest BCUT2D eigenvalue weighted by Crippen LogP contribution is -2.37. The molecule has 2 heterocycles. The van der Waals surface area contributed by atoms with Crippen LogP contribution in [0.4, 0.5) is 0 Å². The predicted molar refractivity (Wildman–Crippen MR) is 117 cm³/mol. The molecule has 2 N–H and O–H groups in total. The van der Waals surface area contributed by atoms with E-state index in [4.69, 9.17) is 0 Å². The Balaban J connectivity index is 0.00000288. The zero-order valence-corrected chi connectivity index (χ0v) is 18.6. The summed E-state index contributed by atoms with van der Waals surface area (Å²) in [5.41, 5.74) is 1.13. The Hall–Kier alpha value is -0.670. The molecular formula is C17H27IN4S2. The number of hydrogen-bond donors (Lipinski definition) is 2. The summed E-state index contributed by atoms with van der Waals surface area (Å²) in [5.74, 6) is 0.876. The van der Waals surface area contributed by atoms with Crippen LogP contribution < -0.4 is 10.6 Å². The predicted octanol–water partition coefficient (Wildman–Crippen LogP) is 4.38. The molecule has 24 heavy (non-hydrogen) atoms. The molecule has 2 aromatic heterocycles. The summed E-state index contributed by atoms with van der Waals surface area (Å²) < 4.78 is 0. The van der Waals surface area contributed by atoms with E-state index >= 15 is 0 Å². The number of nitrogens with one attached hydrogen (secondary N) is 2. The Bertz CT molecular complexity index is 622. The maximum absolute atomic E-state index is 4.49. The highest BCUT2D eigenvalue weighted by atomic mass is 127. The van der Waals surface area contributed by atoms with E-state index in [9.17, 15) is 0 Å². The molecule has 0 saturated carbocycles. The third-order valence-electron chi connectivity index (χ3n) is 3.50. The van der Waals surface area contributed by atoms with Crippen LogP contribution >= 0.6 is 46.7 Å². The van der Waals surface area contributed by atoms with E-state index in [2.05, 4.69) is 45.0 Å². The number of aromatic nitrogens is 1. The van der Waals surface area contributed by atoms with E-state index in [0.717, 1.165) is 50.4 Å². The van der Waals surface area contributed by atoms with Gasteiger partial charge in [0.25, 0.3) is 0 Å². The highest BCUT2D eigenvalue weighted by Gasteiger charge is 2.02. The summed E-state index contributed by atoms with van der Waals surface area (Å²) in [6.07, 6.45) is 4.46. The van der Waals surface area contributed by atoms with Crippen molar-refractivity contribution in [3.05, 3.63) is 38.0 Å². The average Bonchev–Trinajstić information content (AvgIpc) is 3.18. The lowest BCUT2D eigenvalue weighted by Gasteiger charge is -2.10. The van der Waals surface area contributed by atoms with Crippen molar-refractivity contribution in [2.75, 3.05) is 13.6 Å². The van der Waals surface area contributed by atoms with Crippen molar-refractivity contribution < 1.29 is 0 Å². The third kappa shape index (κ3) is 7.48. The smallest absolute Gasteiger partial charge is 0.191 e. The molecule has 0 saturated heterocycles. The van der Waals surface area contributed by atoms with E-state index in [1.165, 1.54) is 14.8 Å². The second kappa shape index (κ2) is 11.8. The number of halogens is 1. The molecular weight excluding hydrogens is 451 g/mol. The molecule has 0 aromatic carbocycles. The van der Waals surface area contributed by atoms with E-state index in [1.807, 2.05) is 25.3 Å². The van der Waals surface area contributed by atoms with Gasteiger partial charge in [-0.3, -0.25) is 4.99 Å². The number of aryl methyl sites for hydroxylation is 3. The lowest BCUT2D eigenvalue weighted by atomic mass is 10.2. The molecule has 0 radical (unpaired) electrons. The van der Waals surface area contributed by atoms with Crippen molar-refractivity contribution in [1.82, 2.24) is 15.6 Å². The summed E-state index contributed by atoms with van der Waals surface area (Å²) in [7, 11) is 1.82. The van der Waals surface area contributed by atoms with Crippen LogP contribution in [-0.4, -0.2) is 24.5 Å². The fourth-order valence-electron chi connectivity index (χ4n) is 2.22. The van der Waals surface area contributed by atoms with Crippen LogP contribution in [0, 0.1) is 6.92 Å². The Morgan fingerprint density at radius 1 is 1.21 bits per heavy atom. The van der Waals surface area contributed by atoms with Crippen LogP contribution in [0.2, 0.25) is 0 Å². The number of guanidine groups is 1. The van der Waals surface area contributed by atoms with Crippen molar-refractivity contribution in [1.29, 1.82) is 0 Å². The number of thiophene rings is 1. The number of unbranched alkanes of at least 4 members (excludes halogenated alkanes) is 1. The van der Waals surface area contributed by atoms with Gasteiger partial charge < -0.3 is 10.6 Å². The summed E-state index contributed by atoms with van der Waals surface area (Å²) in [6, 6.07) is 4.40. The highest BCUT2D eigenvalue weighted by molar-refractivity contribution is 14.0. The zero-order chi connectivity index (χ0) is 16.5. The summed E-state index contributed by atoms with van der Waals surface area (Å²) >= 11 is 3.63. The molecule has 0 fully saturated rings. The standard InChI is InChI=1S/C17H26N4S2.HI/c1-4-14-8-9-15(23-14)11-20-17(18-3)19-10-6-5-7-16-21-13(2)12-22-16;/h8-9,12H,4-7,10-11H2,1-3H3,(H2,18,19,20);1H. The van der Waals surface area contributed by atoms with Gasteiger partial charge in [-0.2, -0.15) is 0 Å². The molecule has 0 unspecified atom stereocenters. The zero-order valence-electron chi connectivity index (χ0n) is 14.6. The molecule has 0 spiro atoms. The number of rotatable bonds is 8. The highest BCUT2D eigenvalue weighted by Crippen LogP contribution is 2.16. The topological polar surface area (TPSA) is 49.3 Å². The Morgan fingerprint density at radius 3 is 2.62 bits per heavy atom. The van der Waals surface area contributed by atoms with Crippen LogP contribution in [0.25, 0.3) is 0 Å². The van der Waals surface area contributed by atoms with Gasteiger partial charge >= 0.3 is 0 Å². The van der Waals surface area contributed by atoms with Gasteiger partial charge in [0.2, 0.25) is 0 Å². The van der Waals surface area contributed by atoms with Gasteiger partial charge in [-0.15, -0.1) is 46.7 Å². The molecule has 134 valence electrons. The van der Waals surface area contributed by atoms with Crippen molar-refractivity contribution in [2.24, 2.45) is 4.99 Å². The molecule has 0 amide bonds. The van der Waals surface area contributed by atoms with Gasteiger partial charge in [0.15, 0.2) is 5.96 Å². The fourth-order valence-corrected chi connectivity index (χ4v) is 3.94. The first-order valence-electron chi connectivity index (χ1n) is 8.14. The normalized spacial score (nSPS) is 11.2. The molecule has 0 aliphatic rings. The van der Waals surface area contributed by atoms with Gasteiger partial charge in [0.1, 0.15) is 0 Å². The summed E-state index contributed by atoms with van der Waals surface area (Å²) in [5, 5.41) is 10.1. The van der Waals surface area contributed by atoms with Gasteiger partial charge in [-0.05, 0) is 44.7 Å². The van der Waals surface area contributed by atoms with Crippen LogP contribution in [0.15, 0.2) is 22.5 Å². The first-order valence-corrected chi connectivity index (χ1v) is 9.84. The van der Waals surface area contributed by atoms with Crippen molar-refractivity contribution in [3.8, 4) is 0 Å². The fraction of sp³-hybridized carbons (Fsp3) is 0.529. The molecule has 2 aromatic rings. The third-order valence-corrected chi connectivity index (χ3v) is 5.75. The maximum atomic E-state index is 4.49. The quantitative estimate of drug-likeness (QED) is 0.256. The second-order valence-corrected chi connectivity index (χ2v) is 7.61. The largest absolute Gasteiger partial charge is 0.356 e. The van der Waals surface area contributed by atoms with Crippen LogP contribution in [-0.2, 0) is 19.4 Å². The van der Waals surface area contributed by atoms with Gasteiger partial charge in [-0.1, -0.05) is 6.92 Å². The number of nitrogens with zero attached hydrogens (tertiary/aromatic N) is 2. The van der Waals surface area contributed by atoms with E-state index in [-0.39, 0.29) is 24.0 Å². The number of thiazole rings is 1. The first-order chi connectivity index (χ1) is 11.2. The van der Waals surface area contributed by atoms with Gasteiger partial charge in [0.05, 0.1) is 11.6 Å². The molecule has 0 aliphatic heterocycles. The van der Waals surface area contributed by atoms with E-state index in [1.54, 1.807) is 11.3 Å². The van der Waals surface area contributed by atoms with Crippen molar-refractivity contribution in [2.45, 2.75) is 46.1 Å². The SMILES string of the molecule is CCc1ccc(CNC(=NC)NCCCCc2nc(C)cs2)s1.I. The Kier molecular flexibility index (Phi) is 10.5. The van der Waals surface area contributed by atoms with Gasteiger partial charge in [0, 0.05) is 34.4 Å². The van der Waals surface area contributed by atoms with Crippen LogP contribution in [0.1, 0.15) is 40.2 Å². The molecule has 2 rings (SSSR count). The number of hydrogen-bond acceptors (Lipinski definition) is 4. The monoisotopic (exact) mass is 478 g/mol. The van der Waals surface area contributed by atoms with Crippen molar-refractivity contribution in [3.63, 3.8) is 0 Å². The first kappa shape index (κ1) is 21.4. The van der Waals surface area contributed by atoms with Crippen LogP contribution in [0.3, 0.4) is 0 Å². The maximum Gasteiger partial charge on any atom is 0.191 e. The molecule has 0 bridgehead atoms. The minimum Gasteiger partial charge on any atom is -0.356 e. The lowest BCUT2D eigenvalue weighted by molar-refractivity contribution is 0.692. The molecule has 0 aliphatic carbocycles. The minimum atomic E-state index is 0. The minimum absolute atomic E-state index is 0. The molecule has 7 heteroatoms. The number of aliphatic imine (C=N–C) groups is 1. The molecule has 4 nitrogen and oxygen atoms in total. The summed E-state index contributed by atoms with van der Waals surface area (Å²) in [6.45, 7) is 6.02. The Morgan fingerprint density at radius 2 is 2.00 bits per heavy atom. The van der Waals surface area contributed by atoms with E-state index < -0.39 is 0 Å². The van der Waals surface area contributed by atoms with Gasteiger partial charge in [-0.25, -0.2) is 4.98 Å². The van der Waals surface area contributed by atoms with E-state index in [0.29, 0.717) is 0 Å². The van der Waals surface area contributed by atoms with Crippen LogP contribution in [0.5, 0.6) is 0 Å². The molecule has 0 atom stereocenters. The average molecular weight is 478 g/mol. The van der Waals surface area contributed by atoms with Crippen molar-refractivity contribution >= 4 is 52.6 Å². The Labute approximate surface area is 170 Å². The summed E-state index contributed by atoms with van der Waals surface area (Å²) in [4.78, 5) is 11.6.